The molecule has 1 aliphatic rings. The second kappa shape index (κ2) is 11.2. The van der Waals surface area contributed by atoms with Gasteiger partial charge >= 0.3 is 5.97 Å². The Labute approximate surface area is 236 Å². The fourth-order valence-corrected chi connectivity index (χ4v) is 5.90. The first kappa shape index (κ1) is 27.4. The van der Waals surface area contributed by atoms with Gasteiger partial charge in [0.25, 0.3) is 0 Å². The number of carbonyl (C=O) groups is 2. The number of amides is 1. The molecule has 40 heavy (non-hydrogen) atoms. The van der Waals surface area contributed by atoms with Gasteiger partial charge in [-0.15, -0.1) is 11.3 Å². The molecule has 1 fully saturated rings. The number of aliphatic carboxylic acids is 1. The van der Waals surface area contributed by atoms with E-state index < -0.39 is 11.4 Å². The highest BCUT2D eigenvalue weighted by Crippen LogP contribution is 2.40. The minimum absolute atomic E-state index is 0.0695. The van der Waals surface area contributed by atoms with Gasteiger partial charge in [-0.3, -0.25) is 9.59 Å². The largest absolute Gasteiger partial charge is 0.494 e. The number of ether oxygens (including phenoxy) is 1. The number of aromatic nitrogens is 4. The van der Waals surface area contributed by atoms with Gasteiger partial charge in [0.1, 0.15) is 16.5 Å². The number of hydrogen-bond donors (Lipinski definition) is 2. The summed E-state index contributed by atoms with van der Waals surface area (Å²) in [6.45, 7) is 7.36. The molecule has 1 aliphatic heterocycles. The molecule has 11 heteroatoms. The first-order valence-electron chi connectivity index (χ1n) is 13.2. The Kier molecular flexibility index (Phi) is 7.66. The third kappa shape index (κ3) is 5.46. The summed E-state index contributed by atoms with van der Waals surface area (Å²) in [5.74, 6) is 0.399. The van der Waals surface area contributed by atoms with Crippen molar-refractivity contribution >= 4 is 39.4 Å². The Balaban J connectivity index is 1.52. The van der Waals surface area contributed by atoms with Gasteiger partial charge in [-0.05, 0) is 63.4 Å². The van der Waals surface area contributed by atoms with Crippen molar-refractivity contribution in [2.75, 3.05) is 31.6 Å². The van der Waals surface area contributed by atoms with Gasteiger partial charge in [0, 0.05) is 48.8 Å². The van der Waals surface area contributed by atoms with E-state index in [1.807, 2.05) is 43.0 Å². The fraction of sp³-hybridized carbons (Fsp3) is 0.379. The van der Waals surface area contributed by atoms with E-state index in [4.69, 9.17) is 14.7 Å². The van der Waals surface area contributed by atoms with Gasteiger partial charge in [-0.1, -0.05) is 0 Å². The maximum Gasteiger partial charge on any atom is 0.309 e. The number of benzene rings is 1. The molecule has 0 atom stereocenters. The number of nitrogens with one attached hydrogen (secondary N) is 1. The number of pyridine rings is 1. The normalized spacial score (nSPS) is 14.8. The fourth-order valence-electron chi connectivity index (χ4n) is 4.84. The van der Waals surface area contributed by atoms with Gasteiger partial charge in [0.05, 0.1) is 29.2 Å². The SMILES string of the molecule is CCNC(=O)Cc1nc2cc(-c3cnc(N4CCC(C)(C(=O)O)CC4)nc3)cc(-c3nc(C)ccc3OC)c2s1. The zero-order valence-corrected chi connectivity index (χ0v) is 23.8. The Morgan fingerprint density at radius 3 is 2.50 bits per heavy atom. The van der Waals surface area contributed by atoms with Crippen molar-refractivity contribution in [3.63, 3.8) is 0 Å². The number of aryl methyl sites for hydroxylation is 1. The molecule has 0 unspecified atom stereocenters. The number of piperidine rings is 1. The van der Waals surface area contributed by atoms with E-state index in [0.717, 1.165) is 37.6 Å². The third-order valence-corrected chi connectivity index (χ3v) is 8.43. The molecule has 4 aromatic rings. The van der Waals surface area contributed by atoms with Gasteiger partial charge in [0.15, 0.2) is 0 Å². The number of thiazole rings is 1. The summed E-state index contributed by atoms with van der Waals surface area (Å²) in [5, 5.41) is 13.1. The third-order valence-electron chi connectivity index (χ3n) is 7.33. The number of carboxylic acid groups (broad SMARTS) is 1. The van der Waals surface area contributed by atoms with Crippen molar-refractivity contribution in [2.24, 2.45) is 5.41 Å². The molecule has 0 bridgehead atoms. The summed E-state index contributed by atoms with van der Waals surface area (Å²) in [5.41, 5.74) is 4.15. The summed E-state index contributed by atoms with van der Waals surface area (Å²) in [7, 11) is 1.62. The van der Waals surface area contributed by atoms with E-state index in [-0.39, 0.29) is 12.3 Å². The van der Waals surface area contributed by atoms with Crippen LogP contribution in [0.5, 0.6) is 5.75 Å². The highest BCUT2D eigenvalue weighted by molar-refractivity contribution is 7.19. The minimum atomic E-state index is -0.759. The van der Waals surface area contributed by atoms with E-state index in [1.54, 1.807) is 26.4 Å². The van der Waals surface area contributed by atoms with Crippen LogP contribution in [0, 0.1) is 12.3 Å². The molecule has 1 saturated heterocycles. The number of rotatable bonds is 8. The van der Waals surface area contributed by atoms with Crippen LogP contribution in [-0.2, 0) is 16.0 Å². The summed E-state index contributed by atoms with van der Waals surface area (Å²) < 4.78 is 6.58. The summed E-state index contributed by atoms with van der Waals surface area (Å²) in [6.07, 6.45) is 4.85. The predicted molar refractivity (Wildman–Crippen MR) is 155 cm³/mol. The van der Waals surface area contributed by atoms with Gasteiger partial charge in [0.2, 0.25) is 11.9 Å². The zero-order chi connectivity index (χ0) is 28.4. The van der Waals surface area contributed by atoms with Gasteiger partial charge in [-0.2, -0.15) is 0 Å². The van der Waals surface area contributed by atoms with Crippen LogP contribution in [0.2, 0.25) is 0 Å². The summed E-state index contributed by atoms with van der Waals surface area (Å²) >= 11 is 1.48. The molecule has 10 nitrogen and oxygen atoms in total. The zero-order valence-electron chi connectivity index (χ0n) is 23.0. The Hall–Kier alpha value is -4.12. The van der Waals surface area contributed by atoms with E-state index in [2.05, 4.69) is 15.3 Å². The van der Waals surface area contributed by atoms with Crippen molar-refractivity contribution in [1.82, 2.24) is 25.3 Å². The molecule has 1 amide bonds. The molecule has 3 aromatic heterocycles. The average Bonchev–Trinajstić information content (AvgIpc) is 3.35. The number of anilines is 1. The standard InChI is InChI=1S/C29H32N6O4S/c1-5-30-23(36)14-24-34-21-13-18(12-20(26(21)40-24)25-22(39-4)7-6-17(2)33-25)19-15-31-28(32-16-19)35-10-8-29(3,9-11-35)27(37)38/h6-7,12-13,15-16H,5,8-11,14H2,1-4H3,(H,30,36)(H,37,38). The highest BCUT2D eigenvalue weighted by atomic mass is 32.1. The number of hydrogen-bond acceptors (Lipinski definition) is 9. The summed E-state index contributed by atoms with van der Waals surface area (Å²) in [4.78, 5) is 44.7. The van der Waals surface area contributed by atoms with Crippen LogP contribution in [0.3, 0.4) is 0 Å². The molecule has 2 N–H and O–H groups in total. The molecule has 0 radical (unpaired) electrons. The van der Waals surface area contributed by atoms with Crippen molar-refractivity contribution in [3.05, 3.63) is 47.4 Å². The van der Waals surface area contributed by atoms with Gasteiger partial charge < -0.3 is 20.1 Å². The smallest absolute Gasteiger partial charge is 0.309 e. The molecule has 0 spiro atoms. The monoisotopic (exact) mass is 560 g/mol. The van der Waals surface area contributed by atoms with Crippen molar-refractivity contribution in [2.45, 2.75) is 40.0 Å². The molecular formula is C29H32N6O4S. The van der Waals surface area contributed by atoms with Crippen LogP contribution in [0.25, 0.3) is 32.6 Å². The molecule has 1 aromatic carbocycles. The lowest BCUT2D eigenvalue weighted by molar-refractivity contribution is -0.149. The van der Waals surface area contributed by atoms with E-state index in [0.29, 0.717) is 49.9 Å². The average molecular weight is 561 g/mol. The molecule has 4 heterocycles. The number of fused-ring (bicyclic) bond motifs is 1. The number of methoxy groups -OCH3 is 1. The quantitative estimate of drug-likeness (QED) is 0.320. The van der Waals surface area contributed by atoms with Crippen LogP contribution < -0.4 is 15.0 Å². The van der Waals surface area contributed by atoms with Crippen molar-refractivity contribution in [1.29, 1.82) is 0 Å². The van der Waals surface area contributed by atoms with Crippen molar-refractivity contribution < 1.29 is 19.4 Å². The van der Waals surface area contributed by atoms with E-state index in [1.165, 1.54) is 11.3 Å². The van der Waals surface area contributed by atoms with E-state index in [9.17, 15) is 14.7 Å². The Bertz CT molecular complexity index is 1560. The second-order valence-electron chi connectivity index (χ2n) is 10.2. The minimum Gasteiger partial charge on any atom is -0.494 e. The van der Waals surface area contributed by atoms with Crippen LogP contribution >= 0.6 is 11.3 Å². The van der Waals surface area contributed by atoms with Crippen LogP contribution in [-0.4, -0.2) is 63.7 Å². The Morgan fingerprint density at radius 1 is 1.12 bits per heavy atom. The van der Waals surface area contributed by atoms with Crippen LogP contribution in [0.1, 0.15) is 37.4 Å². The second-order valence-corrected chi connectivity index (χ2v) is 11.3. The molecule has 5 rings (SSSR count). The number of carbonyl (C=O) groups excluding carboxylic acids is 1. The molecular weight excluding hydrogens is 528 g/mol. The van der Waals surface area contributed by atoms with Crippen molar-refractivity contribution in [3.8, 4) is 28.1 Å². The lowest BCUT2D eigenvalue weighted by Crippen LogP contribution is -2.43. The molecule has 0 saturated carbocycles. The van der Waals surface area contributed by atoms with E-state index >= 15 is 0 Å². The lowest BCUT2D eigenvalue weighted by Gasteiger charge is -2.36. The van der Waals surface area contributed by atoms with Crippen LogP contribution in [0.15, 0.2) is 36.7 Å². The molecule has 208 valence electrons. The maximum absolute atomic E-state index is 12.3. The first-order chi connectivity index (χ1) is 19.2. The number of carboxylic acids is 1. The first-order valence-corrected chi connectivity index (χ1v) is 14.1. The van der Waals surface area contributed by atoms with Gasteiger partial charge in [-0.25, -0.2) is 19.9 Å². The predicted octanol–water partition coefficient (Wildman–Crippen LogP) is 4.50. The Morgan fingerprint density at radius 2 is 1.85 bits per heavy atom. The van der Waals surface area contributed by atoms with Crippen LogP contribution in [0.4, 0.5) is 5.95 Å². The highest BCUT2D eigenvalue weighted by Gasteiger charge is 2.37. The molecule has 0 aliphatic carbocycles. The maximum atomic E-state index is 12.3. The lowest BCUT2D eigenvalue weighted by atomic mass is 9.80. The summed E-state index contributed by atoms with van der Waals surface area (Å²) in [6, 6.07) is 7.83. The number of nitrogens with zero attached hydrogens (tertiary/aromatic N) is 5. The number of likely N-dealkylation sites (N-methyl/N-ethyl adjacent to an activating group) is 1. The topological polar surface area (TPSA) is 130 Å².